The summed E-state index contributed by atoms with van der Waals surface area (Å²) in [4.78, 5) is 36.8. The minimum absolute atomic E-state index is 0.0372. The number of nitrogens with zero attached hydrogens (tertiary/aromatic N) is 1. The summed E-state index contributed by atoms with van der Waals surface area (Å²) in [6, 6.07) is -0.626. The Morgan fingerprint density at radius 3 is 1.65 bits per heavy atom. The number of hydrogen-bond donors (Lipinski definition) is 1. The fourth-order valence-electron chi connectivity index (χ4n) is 5.34. The molecule has 0 bridgehead atoms. The van der Waals surface area contributed by atoms with E-state index >= 15 is 0 Å². The van der Waals surface area contributed by atoms with E-state index in [4.69, 9.17) is 14.2 Å². The predicted molar refractivity (Wildman–Crippen MR) is 215 cm³/mol. The first-order valence-corrected chi connectivity index (χ1v) is 20.0. The van der Waals surface area contributed by atoms with Crippen molar-refractivity contribution < 1.29 is 38.2 Å². The molecule has 0 aliphatic rings. The summed E-state index contributed by atoms with van der Waals surface area (Å²) in [6.45, 7) is 4.49. The quantitative estimate of drug-likeness (QED) is 0.0231. The Kier molecular flexibility index (Phi) is 32.7. The first-order valence-electron chi connectivity index (χ1n) is 20.0. The molecular formula is C44H74NO7+. The van der Waals surface area contributed by atoms with Crippen LogP contribution in [0.4, 0.5) is 0 Å². The van der Waals surface area contributed by atoms with Crippen LogP contribution in [0.15, 0.2) is 72.9 Å². The molecule has 0 aliphatic heterocycles. The fourth-order valence-corrected chi connectivity index (χ4v) is 5.34. The number of unbranched alkanes of at least 4 members (excludes halogenated alkanes) is 12. The molecule has 0 spiro atoms. The van der Waals surface area contributed by atoms with Crippen molar-refractivity contribution in [1.82, 2.24) is 0 Å². The normalized spacial score (nSPS) is 13.8. The number of carboxylic acid groups (broad SMARTS) is 1. The highest BCUT2D eigenvalue weighted by Crippen LogP contribution is 2.12. The SMILES string of the molecule is CC/C=C/C=C/C=C/C=C/C=C/CCCCCC(=O)OCC(COCCC(C(=O)O)[N+](C)(C)C)OC(=O)CCCCC/C=C/CCCCCCCC. The summed E-state index contributed by atoms with van der Waals surface area (Å²) in [5.41, 5.74) is 0. The average Bonchev–Trinajstić information content (AvgIpc) is 3.09. The Hall–Kier alpha value is -3.23. The molecule has 2 unspecified atom stereocenters. The van der Waals surface area contributed by atoms with E-state index in [0.29, 0.717) is 19.3 Å². The summed E-state index contributed by atoms with van der Waals surface area (Å²) in [5, 5.41) is 9.59. The van der Waals surface area contributed by atoms with Crippen LogP contribution in [-0.2, 0) is 28.6 Å². The topological polar surface area (TPSA) is 99.1 Å². The molecule has 1 N–H and O–H groups in total. The second-order valence-electron chi connectivity index (χ2n) is 14.3. The third-order valence-electron chi connectivity index (χ3n) is 8.47. The summed E-state index contributed by atoms with van der Waals surface area (Å²) in [5.74, 6) is -1.55. The van der Waals surface area contributed by atoms with Crippen LogP contribution in [0, 0.1) is 0 Å². The molecule has 0 aromatic heterocycles. The summed E-state index contributed by atoms with van der Waals surface area (Å²) in [7, 11) is 5.49. The number of carbonyl (C=O) groups is 3. The maximum Gasteiger partial charge on any atom is 0.362 e. The molecule has 0 amide bonds. The molecule has 0 radical (unpaired) electrons. The van der Waals surface area contributed by atoms with Crippen molar-refractivity contribution in [2.24, 2.45) is 0 Å². The Morgan fingerprint density at radius 2 is 1.10 bits per heavy atom. The van der Waals surface area contributed by atoms with Crippen molar-refractivity contribution in [3.8, 4) is 0 Å². The smallest absolute Gasteiger partial charge is 0.362 e. The number of carbonyl (C=O) groups excluding carboxylic acids is 2. The van der Waals surface area contributed by atoms with Crippen LogP contribution in [-0.4, -0.2) is 80.6 Å². The number of carboxylic acids is 1. The van der Waals surface area contributed by atoms with Gasteiger partial charge in [0.15, 0.2) is 12.1 Å². The number of hydrogen-bond acceptors (Lipinski definition) is 6. The highest BCUT2D eigenvalue weighted by Gasteiger charge is 2.31. The van der Waals surface area contributed by atoms with Gasteiger partial charge in [0.25, 0.3) is 0 Å². The minimum Gasteiger partial charge on any atom is -0.477 e. The highest BCUT2D eigenvalue weighted by atomic mass is 16.6. The lowest BCUT2D eigenvalue weighted by Crippen LogP contribution is -2.50. The van der Waals surface area contributed by atoms with Gasteiger partial charge in [0.1, 0.15) is 6.61 Å². The van der Waals surface area contributed by atoms with Gasteiger partial charge in [-0.2, -0.15) is 0 Å². The summed E-state index contributed by atoms with van der Waals surface area (Å²) >= 11 is 0. The standard InChI is InChI=1S/C44H73NO7/c1-6-8-10-12-14-16-18-20-21-23-24-26-28-30-32-34-42(46)51-39-40(38-50-37-36-41(44(48)49)45(3,4)5)52-43(47)35-33-31-29-27-25-22-19-17-15-13-11-9-7-2/h8,10,12,14,16,18,20-25,40-41H,6-7,9,11,13,15,17,19,26-39H2,1-5H3/p+1/b10-8+,14-12+,18-16+,21-20+,24-23+,25-22+. The molecule has 0 heterocycles. The van der Waals surface area contributed by atoms with Gasteiger partial charge in [-0.3, -0.25) is 9.59 Å². The molecule has 8 heteroatoms. The van der Waals surface area contributed by atoms with E-state index in [2.05, 4.69) is 38.2 Å². The molecule has 0 aliphatic carbocycles. The zero-order valence-corrected chi connectivity index (χ0v) is 33.5. The zero-order valence-electron chi connectivity index (χ0n) is 33.5. The lowest BCUT2D eigenvalue weighted by molar-refractivity contribution is -0.887. The molecule has 0 aromatic rings. The van der Waals surface area contributed by atoms with Crippen molar-refractivity contribution in [2.45, 2.75) is 148 Å². The van der Waals surface area contributed by atoms with E-state index in [9.17, 15) is 19.5 Å². The first kappa shape index (κ1) is 48.8. The van der Waals surface area contributed by atoms with Gasteiger partial charge in [-0.15, -0.1) is 0 Å². The second kappa shape index (κ2) is 34.8. The Labute approximate surface area is 317 Å². The third kappa shape index (κ3) is 32.7. The largest absolute Gasteiger partial charge is 0.477 e. The van der Waals surface area contributed by atoms with Gasteiger partial charge in [-0.25, -0.2) is 4.79 Å². The van der Waals surface area contributed by atoms with Crippen molar-refractivity contribution in [1.29, 1.82) is 0 Å². The molecular weight excluding hydrogens is 654 g/mol. The van der Waals surface area contributed by atoms with Crippen molar-refractivity contribution in [2.75, 3.05) is 41.0 Å². The van der Waals surface area contributed by atoms with Crippen LogP contribution in [0.5, 0.6) is 0 Å². The average molecular weight is 729 g/mol. The van der Waals surface area contributed by atoms with Crippen molar-refractivity contribution in [3.63, 3.8) is 0 Å². The number of aliphatic carboxylic acids is 1. The van der Waals surface area contributed by atoms with Gasteiger partial charge in [0.05, 0.1) is 34.4 Å². The van der Waals surface area contributed by atoms with E-state index in [1.165, 1.54) is 38.5 Å². The molecule has 52 heavy (non-hydrogen) atoms. The summed E-state index contributed by atoms with van der Waals surface area (Å²) < 4.78 is 17.2. The number of likely N-dealkylation sites (N-methyl/N-ethyl adjacent to an activating group) is 1. The first-order chi connectivity index (χ1) is 25.1. The molecule has 0 aromatic carbocycles. The molecule has 0 rings (SSSR count). The van der Waals surface area contributed by atoms with E-state index in [1.807, 2.05) is 69.8 Å². The number of ether oxygens (including phenoxy) is 3. The Bertz CT molecular complexity index is 1080. The number of allylic oxidation sites excluding steroid dienone is 12. The maximum absolute atomic E-state index is 12.7. The lowest BCUT2D eigenvalue weighted by Gasteiger charge is -2.31. The van der Waals surface area contributed by atoms with Crippen LogP contribution in [0.3, 0.4) is 0 Å². The van der Waals surface area contributed by atoms with Gasteiger partial charge < -0.3 is 23.8 Å². The molecule has 0 saturated heterocycles. The van der Waals surface area contributed by atoms with Gasteiger partial charge in [0.2, 0.25) is 0 Å². The maximum atomic E-state index is 12.7. The Morgan fingerprint density at radius 1 is 0.596 bits per heavy atom. The second-order valence-corrected chi connectivity index (χ2v) is 14.3. The van der Waals surface area contributed by atoms with Crippen LogP contribution in [0.25, 0.3) is 0 Å². The minimum atomic E-state index is -0.888. The van der Waals surface area contributed by atoms with Crippen LogP contribution in [0.1, 0.15) is 136 Å². The molecule has 296 valence electrons. The van der Waals surface area contributed by atoms with Gasteiger partial charge in [-0.05, 0) is 57.8 Å². The molecule has 8 nitrogen and oxygen atoms in total. The molecule has 0 saturated carbocycles. The van der Waals surface area contributed by atoms with Gasteiger partial charge >= 0.3 is 17.9 Å². The number of esters is 2. The van der Waals surface area contributed by atoms with Crippen LogP contribution in [0.2, 0.25) is 0 Å². The van der Waals surface area contributed by atoms with Crippen molar-refractivity contribution >= 4 is 17.9 Å². The number of rotatable bonds is 34. The fraction of sp³-hybridized carbons (Fsp3) is 0.659. The monoisotopic (exact) mass is 729 g/mol. The highest BCUT2D eigenvalue weighted by molar-refractivity contribution is 5.72. The van der Waals surface area contributed by atoms with E-state index in [0.717, 1.165) is 64.2 Å². The van der Waals surface area contributed by atoms with Crippen LogP contribution < -0.4 is 0 Å². The van der Waals surface area contributed by atoms with Gasteiger partial charge in [-0.1, -0.05) is 132 Å². The van der Waals surface area contributed by atoms with Crippen LogP contribution >= 0.6 is 0 Å². The molecule has 2 atom stereocenters. The molecule has 0 fully saturated rings. The van der Waals surface area contributed by atoms with E-state index in [-0.39, 0.29) is 36.2 Å². The van der Waals surface area contributed by atoms with E-state index < -0.39 is 18.1 Å². The zero-order chi connectivity index (χ0) is 38.5. The number of quaternary nitrogens is 1. The predicted octanol–water partition coefficient (Wildman–Crippen LogP) is 10.4. The summed E-state index contributed by atoms with van der Waals surface area (Å²) in [6.07, 6.45) is 42.3. The van der Waals surface area contributed by atoms with E-state index in [1.54, 1.807) is 0 Å². The van der Waals surface area contributed by atoms with Gasteiger partial charge in [0, 0.05) is 19.3 Å². The van der Waals surface area contributed by atoms with Crippen molar-refractivity contribution in [3.05, 3.63) is 72.9 Å². The lowest BCUT2D eigenvalue weighted by atomic mass is 10.1. The third-order valence-corrected chi connectivity index (χ3v) is 8.47. The Balaban J connectivity index is 4.53.